The van der Waals surface area contributed by atoms with Crippen molar-refractivity contribution in [3.8, 4) is 0 Å². The summed E-state index contributed by atoms with van der Waals surface area (Å²) >= 11 is 0. The molecule has 0 spiro atoms. The molecule has 108 valence electrons. The minimum absolute atomic E-state index is 0.111. The molecule has 0 saturated carbocycles. The van der Waals surface area contributed by atoms with E-state index in [2.05, 4.69) is 10.6 Å². The quantitative estimate of drug-likeness (QED) is 0.880. The number of nitrogens with one attached hydrogen (secondary N) is 2. The number of nitrogens with zero attached hydrogens (tertiary/aromatic N) is 1. The van der Waals surface area contributed by atoms with Crippen molar-refractivity contribution in [3.05, 3.63) is 24.3 Å². The number of rotatable bonds is 4. The first kappa shape index (κ1) is 14.5. The van der Waals surface area contributed by atoms with Crippen molar-refractivity contribution < 1.29 is 9.59 Å². The second-order valence-electron chi connectivity index (χ2n) is 5.50. The number of anilines is 2. The lowest BCUT2D eigenvalue weighted by atomic mass is 10.0. The van der Waals surface area contributed by atoms with E-state index >= 15 is 0 Å². The Morgan fingerprint density at radius 3 is 2.60 bits per heavy atom. The SMILES string of the molecule is CNC(C)(C)C(=O)Nc1ccccc1N1CCCC1=O. The zero-order valence-corrected chi connectivity index (χ0v) is 12.2. The van der Waals surface area contributed by atoms with E-state index in [1.54, 1.807) is 11.9 Å². The molecule has 20 heavy (non-hydrogen) atoms. The van der Waals surface area contributed by atoms with Crippen molar-refractivity contribution in [3.63, 3.8) is 0 Å². The molecule has 0 bridgehead atoms. The summed E-state index contributed by atoms with van der Waals surface area (Å²) in [5, 5.41) is 5.87. The van der Waals surface area contributed by atoms with E-state index in [0.29, 0.717) is 18.7 Å². The van der Waals surface area contributed by atoms with Gasteiger partial charge in [-0.2, -0.15) is 0 Å². The van der Waals surface area contributed by atoms with Crippen molar-refractivity contribution >= 4 is 23.2 Å². The van der Waals surface area contributed by atoms with Crippen molar-refractivity contribution in [1.29, 1.82) is 0 Å². The van der Waals surface area contributed by atoms with E-state index in [-0.39, 0.29) is 11.8 Å². The molecule has 2 rings (SSSR count). The summed E-state index contributed by atoms with van der Waals surface area (Å²) in [7, 11) is 1.75. The summed E-state index contributed by atoms with van der Waals surface area (Å²) in [6.07, 6.45) is 1.44. The fraction of sp³-hybridized carbons (Fsp3) is 0.467. The molecular formula is C15H21N3O2. The molecule has 2 N–H and O–H groups in total. The van der Waals surface area contributed by atoms with Gasteiger partial charge in [0.15, 0.2) is 0 Å². The molecule has 0 unspecified atom stereocenters. The highest BCUT2D eigenvalue weighted by atomic mass is 16.2. The van der Waals surface area contributed by atoms with Crippen molar-refractivity contribution in [2.75, 3.05) is 23.8 Å². The van der Waals surface area contributed by atoms with Gasteiger partial charge in [-0.3, -0.25) is 9.59 Å². The molecule has 0 atom stereocenters. The van der Waals surface area contributed by atoms with Crippen molar-refractivity contribution in [2.45, 2.75) is 32.2 Å². The summed E-state index contributed by atoms with van der Waals surface area (Å²) in [5.41, 5.74) is 0.786. The van der Waals surface area contributed by atoms with E-state index in [9.17, 15) is 9.59 Å². The number of hydrogen-bond acceptors (Lipinski definition) is 3. The normalized spacial score (nSPS) is 15.6. The van der Waals surface area contributed by atoms with Crippen LogP contribution in [0.15, 0.2) is 24.3 Å². The zero-order valence-electron chi connectivity index (χ0n) is 12.2. The topological polar surface area (TPSA) is 61.4 Å². The summed E-state index contributed by atoms with van der Waals surface area (Å²) in [6, 6.07) is 7.42. The van der Waals surface area contributed by atoms with Gasteiger partial charge in [0, 0.05) is 13.0 Å². The van der Waals surface area contributed by atoms with Crippen LogP contribution in [0.3, 0.4) is 0 Å². The minimum atomic E-state index is -0.665. The van der Waals surface area contributed by atoms with Gasteiger partial charge in [0.1, 0.15) is 0 Å². The number of hydrogen-bond donors (Lipinski definition) is 2. The second kappa shape index (κ2) is 5.63. The van der Waals surface area contributed by atoms with Crippen molar-refractivity contribution in [1.82, 2.24) is 5.32 Å². The first-order valence-electron chi connectivity index (χ1n) is 6.85. The number of likely N-dealkylation sites (N-methyl/N-ethyl adjacent to an activating group) is 1. The van der Waals surface area contributed by atoms with E-state index in [1.807, 2.05) is 38.1 Å². The van der Waals surface area contributed by atoms with Gasteiger partial charge in [-0.05, 0) is 39.4 Å². The monoisotopic (exact) mass is 275 g/mol. The molecule has 5 nitrogen and oxygen atoms in total. The van der Waals surface area contributed by atoms with Crippen LogP contribution in [0, 0.1) is 0 Å². The van der Waals surface area contributed by atoms with Gasteiger partial charge in [-0.25, -0.2) is 0 Å². The third kappa shape index (κ3) is 2.82. The molecule has 0 aliphatic carbocycles. The Morgan fingerprint density at radius 1 is 1.30 bits per heavy atom. The third-order valence-electron chi connectivity index (χ3n) is 3.71. The fourth-order valence-electron chi connectivity index (χ4n) is 2.11. The average molecular weight is 275 g/mol. The maximum Gasteiger partial charge on any atom is 0.244 e. The van der Waals surface area contributed by atoms with E-state index < -0.39 is 5.54 Å². The number of benzene rings is 1. The van der Waals surface area contributed by atoms with E-state index in [1.165, 1.54) is 0 Å². The molecule has 1 aliphatic heterocycles. The van der Waals surface area contributed by atoms with Crippen molar-refractivity contribution in [2.24, 2.45) is 0 Å². The molecule has 1 fully saturated rings. The molecule has 1 aliphatic rings. The van der Waals surface area contributed by atoms with E-state index in [4.69, 9.17) is 0 Å². The smallest absolute Gasteiger partial charge is 0.244 e. The molecule has 5 heteroatoms. The third-order valence-corrected chi connectivity index (χ3v) is 3.71. The molecule has 1 saturated heterocycles. The molecule has 1 heterocycles. The Labute approximate surface area is 119 Å². The standard InChI is InChI=1S/C15H21N3O2/c1-15(2,16-3)14(20)17-11-7-4-5-8-12(11)18-10-6-9-13(18)19/h4-5,7-8,16H,6,9-10H2,1-3H3,(H,17,20). The van der Waals surface area contributed by atoms with Crippen LogP contribution in [0.5, 0.6) is 0 Å². The lowest BCUT2D eigenvalue weighted by Crippen LogP contribution is -2.48. The minimum Gasteiger partial charge on any atom is -0.323 e. The zero-order chi connectivity index (χ0) is 14.8. The Morgan fingerprint density at radius 2 is 2.00 bits per heavy atom. The lowest BCUT2D eigenvalue weighted by molar-refractivity contribution is -0.121. The van der Waals surface area contributed by atoms with Crippen LogP contribution in [-0.4, -0.2) is 30.9 Å². The molecule has 2 amide bonds. The fourth-order valence-corrected chi connectivity index (χ4v) is 2.11. The Kier molecular flexibility index (Phi) is 4.09. The molecular weight excluding hydrogens is 254 g/mol. The summed E-state index contributed by atoms with van der Waals surface area (Å²) in [5.74, 6) is -0.0151. The predicted molar refractivity (Wildman–Crippen MR) is 79.8 cm³/mol. The van der Waals surface area contributed by atoms with Crippen LogP contribution in [0.25, 0.3) is 0 Å². The van der Waals surface area contributed by atoms with Crippen LogP contribution < -0.4 is 15.5 Å². The molecule has 1 aromatic carbocycles. The summed E-state index contributed by atoms with van der Waals surface area (Å²) < 4.78 is 0. The predicted octanol–water partition coefficient (Wildman–Crippen LogP) is 1.75. The van der Waals surface area contributed by atoms with Gasteiger partial charge in [0.2, 0.25) is 11.8 Å². The highest BCUT2D eigenvalue weighted by Gasteiger charge is 2.28. The molecule has 1 aromatic rings. The molecule has 0 radical (unpaired) electrons. The van der Waals surface area contributed by atoms with Gasteiger partial charge < -0.3 is 15.5 Å². The van der Waals surface area contributed by atoms with Crippen LogP contribution in [0.2, 0.25) is 0 Å². The Balaban J connectivity index is 2.25. The van der Waals surface area contributed by atoms with Crippen LogP contribution >= 0.6 is 0 Å². The van der Waals surface area contributed by atoms with Gasteiger partial charge in [-0.1, -0.05) is 12.1 Å². The summed E-state index contributed by atoms with van der Waals surface area (Å²) in [4.78, 5) is 25.8. The second-order valence-corrected chi connectivity index (χ2v) is 5.50. The average Bonchev–Trinajstić information content (AvgIpc) is 2.85. The van der Waals surface area contributed by atoms with Gasteiger partial charge >= 0.3 is 0 Å². The highest BCUT2D eigenvalue weighted by molar-refractivity contribution is 6.04. The lowest BCUT2D eigenvalue weighted by Gasteiger charge is -2.25. The van der Waals surface area contributed by atoms with Crippen LogP contribution in [-0.2, 0) is 9.59 Å². The Bertz CT molecular complexity index is 526. The van der Waals surface area contributed by atoms with Gasteiger partial charge in [0.25, 0.3) is 0 Å². The van der Waals surface area contributed by atoms with Crippen LogP contribution in [0.4, 0.5) is 11.4 Å². The highest BCUT2D eigenvalue weighted by Crippen LogP contribution is 2.29. The van der Waals surface area contributed by atoms with Crippen LogP contribution in [0.1, 0.15) is 26.7 Å². The number of para-hydroxylation sites is 2. The largest absolute Gasteiger partial charge is 0.323 e. The number of amides is 2. The maximum atomic E-state index is 12.2. The first-order valence-corrected chi connectivity index (χ1v) is 6.85. The first-order chi connectivity index (χ1) is 9.45. The van der Waals surface area contributed by atoms with Gasteiger partial charge in [0.05, 0.1) is 16.9 Å². The van der Waals surface area contributed by atoms with Gasteiger partial charge in [-0.15, -0.1) is 0 Å². The number of carbonyl (C=O) groups is 2. The maximum absolute atomic E-state index is 12.2. The number of carbonyl (C=O) groups excluding carboxylic acids is 2. The van der Waals surface area contributed by atoms with E-state index in [0.717, 1.165) is 12.1 Å². The summed E-state index contributed by atoms with van der Waals surface area (Å²) in [6.45, 7) is 4.33. The molecule has 0 aromatic heterocycles. The Hall–Kier alpha value is -1.88.